The Bertz CT molecular complexity index is 545. The number of rotatable bonds is 5. The van der Waals surface area contributed by atoms with E-state index in [9.17, 15) is 13.5 Å². The van der Waals surface area contributed by atoms with E-state index in [4.69, 9.17) is 0 Å². The van der Waals surface area contributed by atoms with Crippen molar-refractivity contribution in [2.45, 2.75) is 49.8 Å². The van der Waals surface area contributed by atoms with Crippen molar-refractivity contribution in [3.63, 3.8) is 0 Å². The maximum absolute atomic E-state index is 12.5. The van der Waals surface area contributed by atoms with Crippen LogP contribution >= 0.6 is 11.3 Å². The van der Waals surface area contributed by atoms with Gasteiger partial charge in [0.1, 0.15) is 4.21 Å². The highest BCUT2D eigenvalue weighted by molar-refractivity contribution is 7.91. The number of aliphatic hydroxyl groups is 1. The molecule has 1 aliphatic rings. The lowest BCUT2D eigenvalue weighted by atomic mass is 9.89. The van der Waals surface area contributed by atoms with E-state index in [0.29, 0.717) is 16.7 Å². The molecule has 1 N–H and O–H groups in total. The Morgan fingerprint density at radius 2 is 2.00 bits per heavy atom. The van der Waals surface area contributed by atoms with Gasteiger partial charge in [-0.3, -0.25) is 0 Å². The lowest BCUT2D eigenvalue weighted by Gasteiger charge is -2.26. The standard InChI is InChI=1S/C14H23NO3S2/c1-11-8-14(19-13(11)10-16)20(17,18)15(2)9-12-6-4-3-5-7-12/h8,12,16H,3-7,9-10H2,1-2H3. The largest absolute Gasteiger partial charge is 0.391 e. The Labute approximate surface area is 125 Å². The van der Waals surface area contributed by atoms with Gasteiger partial charge in [0.15, 0.2) is 0 Å². The minimum Gasteiger partial charge on any atom is -0.391 e. The maximum atomic E-state index is 12.5. The predicted molar refractivity (Wildman–Crippen MR) is 81.4 cm³/mol. The predicted octanol–water partition coefficient (Wildman–Crippen LogP) is 2.75. The van der Waals surface area contributed by atoms with E-state index in [1.807, 2.05) is 6.92 Å². The number of aliphatic hydroxyl groups excluding tert-OH is 1. The normalized spacial score (nSPS) is 17.8. The number of aryl methyl sites for hydroxylation is 1. The van der Waals surface area contributed by atoms with Crippen molar-refractivity contribution < 1.29 is 13.5 Å². The molecule has 0 bridgehead atoms. The third-order valence-electron chi connectivity index (χ3n) is 4.05. The van der Waals surface area contributed by atoms with Crippen LogP contribution in [0.3, 0.4) is 0 Å². The summed E-state index contributed by atoms with van der Waals surface area (Å²) in [6.45, 7) is 2.34. The van der Waals surface area contributed by atoms with Gasteiger partial charge in [0, 0.05) is 18.5 Å². The SMILES string of the molecule is Cc1cc(S(=O)(=O)N(C)CC2CCCCC2)sc1CO. The van der Waals surface area contributed by atoms with Crippen LogP contribution in [0.1, 0.15) is 42.5 Å². The molecule has 1 aromatic rings. The van der Waals surface area contributed by atoms with Gasteiger partial charge in [0.2, 0.25) is 0 Å². The van der Waals surface area contributed by atoms with E-state index in [1.165, 1.54) is 34.9 Å². The highest BCUT2D eigenvalue weighted by Crippen LogP contribution is 2.30. The molecule has 1 aromatic heterocycles. The van der Waals surface area contributed by atoms with Crippen LogP contribution in [0.4, 0.5) is 0 Å². The number of hydrogen-bond acceptors (Lipinski definition) is 4. The summed E-state index contributed by atoms with van der Waals surface area (Å²) in [6.07, 6.45) is 5.96. The van der Waals surface area contributed by atoms with Gasteiger partial charge in [-0.2, -0.15) is 4.31 Å². The second-order valence-electron chi connectivity index (χ2n) is 5.62. The molecule has 0 saturated heterocycles. The zero-order valence-corrected chi connectivity index (χ0v) is 13.8. The molecule has 1 fully saturated rings. The van der Waals surface area contributed by atoms with Gasteiger partial charge in [-0.15, -0.1) is 11.3 Å². The van der Waals surface area contributed by atoms with Crippen LogP contribution < -0.4 is 0 Å². The first-order valence-corrected chi connectivity index (χ1v) is 9.37. The van der Waals surface area contributed by atoms with Crippen LogP contribution in [-0.2, 0) is 16.6 Å². The first-order chi connectivity index (χ1) is 9.45. The van der Waals surface area contributed by atoms with E-state index in [0.717, 1.165) is 23.3 Å². The Morgan fingerprint density at radius 1 is 1.35 bits per heavy atom. The second kappa shape index (κ2) is 6.56. The Balaban J connectivity index is 2.11. The van der Waals surface area contributed by atoms with Crippen LogP contribution in [0, 0.1) is 12.8 Å². The van der Waals surface area contributed by atoms with Gasteiger partial charge in [0.25, 0.3) is 10.0 Å². The molecule has 1 heterocycles. The smallest absolute Gasteiger partial charge is 0.252 e. The molecule has 0 aromatic carbocycles. The summed E-state index contributed by atoms with van der Waals surface area (Å²) in [5.74, 6) is 0.488. The summed E-state index contributed by atoms with van der Waals surface area (Å²) in [5.41, 5.74) is 0.849. The highest BCUT2D eigenvalue weighted by Gasteiger charge is 2.26. The lowest BCUT2D eigenvalue weighted by molar-refractivity contribution is 0.285. The van der Waals surface area contributed by atoms with E-state index in [-0.39, 0.29) is 6.61 Å². The quantitative estimate of drug-likeness (QED) is 0.908. The highest BCUT2D eigenvalue weighted by atomic mass is 32.2. The third kappa shape index (κ3) is 3.42. The minimum atomic E-state index is -3.41. The van der Waals surface area contributed by atoms with Crippen molar-refractivity contribution in [2.75, 3.05) is 13.6 Å². The Kier molecular flexibility index (Phi) is 5.23. The molecule has 0 spiro atoms. The van der Waals surface area contributed by atoms with Gasteiger partial charge >= 0.3 is 0 Å². The first kappa shape index (κ1) is 15.9. The van der Waals surface area contributed by atoms with E-state index in [1.54, 1.807) is 13.1 Å². The van der Waals surface area contributed by atoms with Crippen molar-refractivity contribution in [1.82, 2.24) is 4.31 Å². The molecule has 114 valence electrons. The second-order valence-corrected chi connectivity index (χ2v) is 9.03. The zero-order chi connectivity index (χ0) is 14.8. The molecular formula is C14H23NO3S2. The van der Waals surface area contributed by atoms with Gasteiger partial charge in [-0.25, -0.2) is 8.42 Å². The molecule has 0 unspecified atom stereocenters. The van der Waals surface area contributed by atoms with Crippen molar-refractivity contribution in [3.05, 3.63) is 16.5 Å². The maximum Gasteiger partial charge on any atom is 0.252 e. The molecule has 1 saturated carbocycles. The van der Waals surface area contributed by atoms with Crippen molar-refractivity contribution >= 4 is 21.4 Å². The zero-order valence-electron chi connectivity index (χ0n) is 12.1. The molecule has 2 rings (SSSR count). The van der Waals surface area contributed by atoms with Crippen LogP contribution in [0.25, 0.3) is 0 Å². The molecule has 20 heavy (non-hydrogen) atoms. The van der Waals surface area contributed by atoms with Crippen LogP contribution in [0.15, 0.2) is 10.3 Å². The third-order valence-corrected chi connectivity index (χ3v) is 7.54. The monoisotopic (exact) mass is 317 g/mol. The van der Waals surface area contributed by atoms with Gasteiger partial charge < -0.3 is 5.11 Å². The summed E-state index contributed by atoms with van der Waals surface area (Å²) >= 11 is 1.18. The van der Waals surface area contributed by atoms with E-state index < -0.39 is 10.0 Å². The molecule has 0 atom stereocenters. The fraction of sp³-hybridized carbons (Fsp3) is 0.714. The number of nitrogens with zero attached hydrogens (tertiary/aromatic N) is 1. The van der Waals surface area contributed by atoms with Crippen LogP contribution in [0.2, 0.25) is 0 Å². The fourth-order valence-electron chi connectivity index (χ4n) is 2.76. The summed E-state index contributed by atoms with van der Waals surface area (Å²) in [4.78, 5) is 0.731. The van der Waals surface area contributed by atoms with Crippen molar-refractivity contribution in [3.8, 4) is 0 Å². The van der Waals surface area contributed by atoms with Crippen molar-refractivity contribution in [1.29, 1.82) is 0 Å². The fourth-order valence-corrected chi connectivity index (χ4v) is 5.67. The summed E-state index contributed by atoms with van der Waals surface area (Å²) in [5, 5.41) is 9.20. The molecular weight excluding hydrogens is 294 g/mol. The summed E-state index contributed by atoms with van der Waals surface area (Å²) in [7, 11) is -1.75. The molecule has 0 aliphatic heterocycles. The number of thiophene rings is 1. The summed E-state index contributed by atoms with van der Waals surface area (Å²) < 4.78 is 26.9. The van der Waals surface area contributed by atoms with Gasteiger partial charge in [0.05, 0.1) is 6.61 Å². The van der Waals surface area contributed by atoms with Gasteiger partial charge in [-0.1, -0.05) is 19.3 Å². The average Bonchev–Trinajstić information content (AvgIpc) is 2.81. The molecule has 0 radical (unpaired) electrons. The lowest BCUT2D eigenvalue weighted by Crippen LogP contribution is -2.32. The number of sulfonamides is 1. The minimum absolute atomic E-state index is 0.0988. The molecule has 4 nitrogen and oxygen atoms in total. The van der Waals surface area contributed by atoms with Gasteiger partial charge in [-0.05, 0) is 37.3 Å². The van der Waals surface area contributed by atoms with E-state index >= 15 is 0 Å². The topological polar surface area (TPSA) is 57.6 Å². The molecule has 0 amide bonds. The number of hydrogen-bond donors (Lipinski definition) is 1. The van der Waals surface area contributed by atoms with E-state index in [2.05, 4.69) is 0 Å². The first-order valence-electron chi connectivity index (χ1n) is 7.11. The van der Waals surface area contributed by atoms with Crippen LogP contribution in [-0.4, -0.2) is 31.4 Å². The Morgan fingerprint density at radius 3 is 2.55 bits per heavy atom. The van der Waals surface area contributed by atoms with Crippen LogP contribution in [0.5, 0.6) is 0 Å². The molecule has 6 heteroatoms. The summed E-state index contributed by atoms with van der Waals surface area (Å²) in [6, 6.07) is 1.67. The van der Waals surface area contributed by atoms with Crippen molar-refractivity contribution in [2.24, 2.45) is 5.92 Å². The molecule has 1 aliphatic carbocycles. The average molecular weight is 317 g/mol. The Hall–Kier alpha value is -0.430.